The standard InChI is InChI=1S/C18H32N4O8S/c1-4-8(2)14(22-16(27)13(19)9(3)23)17(28)21-11(7-31)15(26)20-10(18(29)30)5-6-12(24)25/h8-11,13-14,23,31H,4-7,19H2,1-3H3,(H,20,26)(H,21,28)(H,22,27)(H,24,25)(H,29,30). The molecule has 12 nitrogen and oxygen atoms in total. The molecule has 0 aromatic rings. The molecule has 6 unspecified atom stereocenters. The number of nitrogens with one attached hydrogen (secondary N) is 3. The molecule has 0 aromatic heterocycles. The minimum atomic E-state index is -1.46. The summed E-state index contributed by atoms with van der Waals surface area (Å²) >= 11 is 4.00. The van der Waals surface area contributed by atoms with Crippen LogP contribution in [0.5, 0.6) is 0 Å². The number of aliphatic carboxylic acids is 2. The maximum atomic E-state index is 12.7. The van der Waals surface area contributed by atoms with Crippen LogP contribution in [-0.4, -0.2) is 81.0 Å². The summed E-state index contributed by atoms with van der Waals surface area (Å²) in [7, 11) is 0. The van der Waals surface area contributed by atoms with E-state index in [9.17, 15) is 29.1 Å². The van der Waals surface area contributed by atoms with Crippen molar-refractivity contribution in [2.24, 2.45) is 11.7 Å². The number of hydrogen-bond donors (Lipinski definition) is 8. The highest BCUT2D eigenvalue weighted by Crippen LogP contribution is 2.09. The average molecular weight is 465 g/mol. The van der Waals surface area contributed by atoms with E-state index in [4.69, 9.17) is 15.9 Å². The van der Waals surface area contributed by atoms with Gasteiger partial charge in [0.1, 0.15) is 24.2 Å². The lowest BCUT2D eigenvalue weighted by Gasteiger charge is -2.27. The van der Waals surface area contributed by atoms with Gasteiger partial charge in [0.25, 0.3) is 0 Å². The Labute approximate surface area is 185 Å². The highest BCUT2D eigenvalue weighted by atomic mass is 32.1. The first-order valence-electron chi connectivity index (χ1n) is 9.75. The van der Waals surface area contributed by atoms with E-state index in [-0.39, 0.29) is 18.1 Å². The average Bonchev–Trinajstić information content (AvgIpc) is 2.70. The lowest BCUT2D eigenvalue weighted by Crippen LogP contribution is -2.60. The minimum absolute atomic E-state index is 0.183. The topological polar surface area (TPSA) is 208 Å². The van der Waals surface area contributed by atoms with Crippen molar-refractivity contribution >= 4 is 42.3 Å². The Kier molecular flexibility index (Phi) is 12.8. The normalized spacial score (nSPS) is 16.7. The molecular formula is C18H32N4O8S. The van der Waals surface area contributed by atoms with E-state index in [2.05, 4.69) is 28.6 Å². The van der Waals surface area contributed by atoms with E-state index < -0.39 is 66.4 Å². The van der Waals surface area contributed by atoms with Crippen LogP contribution < -0.4 is 21.7 Å². The van der Waals surface area contributed by atoms with E-state index in [0.717, 1.165) is 0 Å². The molecule has 0 aliphatic carbocycles. The number of nitrogens with two attached hydrogens (primary N) is 1. The smallest absolute Gasteiger partial charge is 0.326 e. The fourth-order valence-corrected chi connectivity index (χ4v) is 2.68. The summed E-state index contributed by atoms with van der Waals surface area (Å²) in [4.78, 5) is 59.3. The number of rotatable bonds is 14. The second kappa shape index (κ2) is 13.8. The highest BCUT2D eigenvalue weighted by Gasteiger charge is 2.32. The van der Waals surface area contributed by atoms with Crippen molar-refractivity contribution < 1.29 is 39.3 Å². The summed E-state index contributed by atoms with van der Waals surface area (Å²) in [5, 5.41) is 34.4. The third-order valence-electron chi connectivity index (χ3n) is 4.69. The summed E-state index contributed by atoms with van der Waals surface area (Å²) in [6.07, 6.45) is -1.46. The summed E-state index contributed by atoms with van der Waals surface area (Å²) in [5.41, 5.74) is 5.59. The second-order valence-electron chi connectivity index (χ2n) is 7.21. The maximum absolute atomic E-state index is 12.7. The van der Waals surface area contributed by atoms with E-state index in [1.807, 2.05) is 0 Å². The van der Waals surface area contributed by atoms with Crippen LogP contribution in [0.2, 0.25) is 0 Å². The van der Waals surface area contributed by atoms with Gasteiger partial charge in [-0.05, 0) is 19.3 Å². The van der Waals surface area contributed by atoms with Gasteiger partial charge in [-0.15, -0.1) is 0 Å². The number of hydrogen-bond acceptors (Lipinski definition) is 8. The number of thiol groups is 1. The summed E-state index contributed by atoms with van der Waals surface area (Å²) in [6, 6.07) is -5.03. The van der Waals surface area contributed by atoms with Gasteiger partial charge in [-0.3, -0.25) is 19.2 Å². The molecule has 13 heteroatoms. The first-order chi connectivity index (χ1) is 14.3. The highest BCUT2D eigenvalue weighted by molar-refractivity contribution is 7.80. The predicted octanol–water partition coefficient (Wildman–Crippen LogP) is -1.93. The molecule has 0 saturated heterocycles. The zero-order valence-electron chi connectivity index (χ0n) is 17.7. The molecule has 0 spiro atoms. The number of aliphatic hydroxyl groups excluding tert-OH is 1. The molecule has 0 rings (SSSR count). The molecular weight excluding hydrogens is 432 g/mol. The number of carbonyl (C=O) groups excluding carboxylic acids is 3. The van der Waals surface area contributed by atoms with Gasteiger partial charge < -0.3 is 37.0 Å². The van der Waals surface area contributed by atoms with Crippen LogP contribution in [0.4, 0.5) is 0 Å². The van der Waals surface area contributed by atoms with Crippen LogP contribution in [0.1, 0.15) is 40.0 Å². The van der Waals surface area contributed by atoms with E-state index in [1.54, 1.807) is 13.8 Å². The van der Waals surface area contributed by atoms with Crippen molar-refractivity contribution in [2.75, 3.05) is 5.75 Å². The molecule has 0 saturated carbocycles. The molecule has 8 N–H and O–H groups in total. The third-order valence-corrected chi connectivity index (χ3v) is 5.06. The van der Waals surface area contributed by atoms with Crippen LogP contribution in [0, 0.1) is 5.92 Å². The largest absolute Gasteiger partial charge is 0.481 e. The SMILES string of the molecule is CCC(C)C(NC(=O)C(N)C(C)O)C(=O)NC(CS)C(=O)NC(CCC(=O)O)C(=O)O. The lowest BCUT2D eigenvalue weighted by molar-refractivity contribution is -0.143. The fraction of sp³-hybridized carbons (Fsp3) is 0.722. The molecule has 0 heterocycles. The van der Waals surface area contributed by atoms with E-state index in [0.29, 0.717) is 6.42 Å². The Hall–Kier alpha value is -2.38. The number of carboxylic acids is 2. The van der Waals surface area contributed by atoms with Gasteiger partial charge in [0, 0.05) is 12.2 Å². The molecule has 0 aliphatic heterocycles. The Morgan fingerprint density at radius 3 is 1.90 bits per heavy atom. The van der Waals surface area contributed by atoms with Crippen molar-refractivity contribution in [3.63, 3.8) is 0 Å². The van der Waals surface area contributed by atoms with Crippen LogP contribution in [0.3, 0.4) is 0 Å². The molecule has 0 aromatic carbocycles. The van der Waals surface area contributed by atoms with Crippen molar-refractivity contribution in [2.45, 2.75) is 70.3 Å². The van der Waals surface area contributed by atoms with Gasteiger partial charge in [0.15, 0.2) is 0 Å². The van der Waals surface area contributed by atoms with Crippen molar-refractivity contribution in [3.8, 4) is 0 Å². The molecule has 31 heavy (non-hydrogen) atoms. The first kappa shape index (κ1) is 28.6. The zero-order valence-corrected chi connectivity index (χ0v) is 18.6. The molecule has 0 bridgehead atoms. The Morgan fingerprint density at radius 1 is 0.935 bits per heavy atom. The zero-order chi connectivity index (χ0) is 24.3. The van der Waals surface area contributed by atoms with E-state index in [1.165, 1.54) is 6.92 Å². The van der Waals surface area contributed by atoms with Crippen molar-refractivity contribution in [1.82, 2.24) is 16.0 Å². The van der Waals surface area contributed by atoms with Gasteiger partial charge in [-0.2, -0.15) is 12.6 Å². The Morgan fingerprint density at radius 2 is 1.48 bits per heavy atom. The molecule has 178 valence electrons. The van der Waals surface area contributed by atoms with Gasteiger partial charge in [-0.25, -0.2) is 4.79 Å². The maximum Gasteiger partial charge on any atom is 0.326 e. The molecule has 3 amide bonds. The first-order valence-corrected chi connectivity index (χ1v) is 10.4. The summed E-state index contributed by atoms with van der Waals surface area (Å²) in [6.45, 7) is 4.81. The number of carboxylic acid groups (broad SMARTS) is 2. The summed E-state index contributed by atoms with van der Waals surface area (Å²) < 4.78 is 0. The molecule has 0 aliphatic rings. The predicted molar refractivity (Wildman–Crippen MR) is 113 cm³/mol. The Balaban J connectivity index is 5.29. The Bertz CT molecular complexity index is 660. The number of amides is 3. The fourth-order valence-electron chi connectivity index (χ4n) is 2.42. The van der Waals surface area contributed by atoms with Crippen LogP contribution in [0.25, 0.3) is 0 Å². The minimum Gasteiger partial charge on any atom is -0.481 e. The monoisotopic (exact) mass is 464 g/mol. The lowest BCUT2D eigenvalue weighted by atomic mass is 9.97. The van der Waals surface area contributed by atoms with Crippen LogP contribution in [-0.2, 0) is 24.0 Å². The van der Waals surface area contributed by atoms with Crippen molar-refractivity contribution in [1.29, 1.82) is 0 Å². The van der Waals surface area contributed by atoms with Gasteiger partial charge in [0.2, 0.25) is 17.7 Å². The summed E-state index contributed by atoms with van der Waals surface area (Å²) in [5.74, 6) is -5.50. The second-order valence-corrected chi connectivity index (χ2v) is 7.58. The van der Waals surface area contributed by atoms with Crippen LogP contribution in [0.15, 0.2) is 0 Å². The van der Waals surface area contributed by atoms with Crippen molar-refractivity contribution in [3.05, 3.63) is 0 Å². The molecule has 0 fully saturated rings. The third kappa shape index (κ3) is 9.98. The number of carbonyl (C=O) groups is 5. The van der Waals surface area contributed by atoms with Gasteiger partial charge >= 0.3 is 11.9 Å². The van der Waals surface area contributed by atoms with Gasteiger partial charge in [-0.1, -0.05) is 20.3 Å². The van der Waals surface area contributed by atoms with E-state index >= 15 is 0 Å². The van der Waals surface area contributed by atoms with Crippen LogP contribution >= 0.6 is 12.6 Å². The molecule has 6 atom stereocenters. The van der Waals surface area contributed by atoms with Gasteiger partial charge in [0.05, 0.1) is 6.10 Å². The molecule has 0 radical (unpaired) electrons. The number of aliphatic hydroxyl groups is 1. The quantitative estimate of drug-likeness (QED) is 0.134.